The van der Waals surface area contributed by atoms with Crippen LogP contribution in [-0.2, 0) is 0 Å². The summed E-state index contributed by atoms with van der Waals surface area (Å²) in [5, 5.41) is 1.47. The summed E-state index contributed by atoms with van der Waals surface area (Å²) in [5.41, 5.74) is 1.74. The van der Waals surface area contributed by atoms with Crippen LogP contribution in [0.15, 0.2) is 18.2 Å². The molecule has 1 saturated carbocycles. The van der Waals surface area contributed by atoms with Gasteiger partial charge in [0.05, 0.1) is 17.6 Å². The van der Waals surface area contributed by atoms with Crippen molar-refractivity contribution in [2.75, 3.05) is 20.2 Å². The summed E-state index contributed by atoms with van der Waals surface area (Å²) in [5.74, 6) is 0.807. The number of carbonyl (C=O) groups excluding carboxylic acids is 1. The molecule has 0 atom stereocenters. The number of aromatic nitrogens is 1. The van der Waals surface area contributed by atoms with E-state index < -0.39 is 0 Å². The van der Waals surface area contributed by atoms with Gasteiger partial charge in [0.2, 0.25) is 0 Å². The molecule has 0 radical (unpaired) electrons. The van der Waals surface area contributed by atoms with Crippen LogP contribution in [0, 0.1) is 5.41 Å². The standard InChI is InChI=1S/C19H23ClN2O2/c1-24-16-6-5-14(20)17-13(16)11-15(21-17)18(23)22-10-9-19(12-22)7-3-2-4-8-19/h5-6,11,21H,2-4,7-10,12H2,1H3. The first-order chi connectivity index (χ1) is 11.6. The predicted molar refractivity (Wildman–Crippen MR) is 95.9 cm³/mol. The second kappa shape index (κ2) is 5.99. The Balaban J connectivity index is 1.61. The Hall–Kier alpha value is -1.68. The maximum atomic E-state index is 13.0. The maximum absolute atomic E-state index is 13.0. The van der Waals surface area contributed by atoms with Gasteiger partial charge in [0.25, 0.3) is 5.91 Å². The number of amides is 1. The van der Waals surface area contributed by atoms with Gasteiger partial charge in [-0.25, -0.2) is 0 Å². The van der Waals surface area contributed by atoms with Gasteiger partial charge in [0, 0.05) is 18.5 Å². The van der Waals surface area contributed by atoms with Crippen LogP contribution < -0.4 is 4.74 Å². The second-order valence-corrected chi connectivity index (χ2v) is 7.67. The van der Waals surface area contributed by atoms with Crippen molar-refractivity contribution in [2.24, 2.45) is 5.41 Å². The van der Waals surface area contributed by atoms with Crippen molar-refractivity contribution in [2.45, 2.75) is 38.5 Å². The summed E-state index contributed by atoms with van der Waals surface area (Å²) < 4.78 is 5.39. The van der Waals surface area contributed by atoms with Gasteiger partial charge in [-0.3, -0.25) is 4.79 Å². The molecule has 1 saturated heterocycles. The summed E-state index contributed by atoms with van der Waals surface area (Å²) >= 11 is 6.27. The van der Waals surface area contributed by atoms with Crippen molar-refractivity contribution in [1.82, 2.24) is 9.88 Å². The Morgan fingerprint density at radius 2 is 2.04 bits per heavy atom. The molecule has 4 rings (SSSR count). The molecular weight excluding hydrogens is 324 g/mol. The van der Waals surface area contributed by atoms with Gasteiger partial charge in [0.15, 0.2) is 0 Å². The van der Waals surface area contributed by atoms with Crippen molar-refractivity contribution in [3.05, 3.63) is 28.9 Å². The van der Waals surface area contributed by atoms with E-state index in [1.165, 1.54) is 32.1 Å². The Morgan fingerprint density at radius 3 is 2.79 bits per heavy atom. The quantitative estimate of drug-likeness (QED) is 0.861. The predicted octanol–water partition coefficient (Wildman–Crippen LogP) is 4.63. The van der Waals surface area contributed by atoms with Crippen LogP contribution in [0.25, 0.3) is 10.9 Å². The molecule has 1 spiro atoms. The molecule has 1 aliphatic heterocycles. The number of carbonyl (C=O) groups is 1. The zero-order chi connectivity index (χ0) is 16.7. The van der Waals surface area contributed by atoms with Gasteiger partial charge in [-0.15, -0.1) is 0 Å². The zero-order valence-corrected chi connectivity index (χ0v) is 14.8. The number of hydrogen-bond donors (Lipinski definition) is 1. The normalized spacial score (nSPS) is 20.0. The number of benzene rings is 1. The number of likely N-dealkylation sites (tertiary alicyclic amines) is 1. The lowest BCUT2D eigenvalue weighted by molar-refractivity contribution is 0.0754. The van der Waals surface area contributed by atoms with Crippen molar-refractivity contribution < 1.29 is 9.53 Å². The van der Waals surface area contributed by atoms with Crippen LogP contribution in [0.5, 0.6) is 5.75 Å². The average molecular weight is 347 g/mol. The van der Waals surface area contributed by atoms with E-state index in [1.807, 2.05) is 17.0 Å². The van der Waals surface area contributed by atoms with Gasteiger partial charge < -0.3 is 14.6 Å². The molecule has 1 aliphatic carbocycles. The number of hydrogen-bond acceptors (Lipinski definition) is 2. The maximum Gasteiger partial charge on any atom is 0.270 e. The van der Waals surface area contributed by atoms with Crippen LogP contribution in [0.1, 0.15) is 49.0 Å². The summed E-state index contributed by atoms with van der Waals surface area (Å²) in [6, 6.07) is 5.49. The van der Waals surface area contributed by atoms with Crippen LogP contribution in [0.2, 0.25) is 5.02 Å². The fourth-order valence-corrected chi connectivity index (χ4v) is 4.65. The summed E-state index contributed by atoms with van der Waals surface area (Å²) in [4.78, 5) is 18.2. The van der Waals surface area contributed by atoms with Gasteiger partial charge in [-0.05, 0) is 42.9 Å². The molecule has 2 aliphatic rings. The van der Waals surface area contributed by atoms with Crippen molar-refractivity contribution >= 4 is 28.4 Å². The summed E-state index contributed by atoms with van der Waals surface area (Å²) in [6.07, 6.45) is 7.63. The summed E-state index contributed by atoms with van der Waals surface area (Å²) in [7, 11) is 1.63. The Morgan fingerprint density at radius 1 is 1.25 bits per heavy atom. The first-order valence-electron chi connectivity index (χ1n) is 8.76. The first kappa shape index (κ1) is 15.8. The monoisotopic (exact) mass is 346 g/mol. The van der Waals surface area contributed by atoms with E-state index in [1.54, 1.807) is 13.2 Å². The molecule has 128 valence electrons. The van der Waals surface area contributed by atoms with Crippen molar-refractivity contribution in [3.8, 4) is 5.75 Å². The Labute approximate surface area is 147 Å². The van der Waals surface area contributed by atoms with Crippen molar-refractivity contribution in [1.29, 1.82) is 0 Å². The second-order valence-electron chi connectivity index (χ2n) is 7.26. The number of ether oxygens (including phenoxy) is 1. The van der Waals surface area contributed by atoms with Gasteiger partial charge in [0.1, 0.15) is 11.4 Å². The van der Waals surface area contributed by atoms with E-state index in [4.69, 9.17) is 16.3 Å². The molecular formula is C19H23ClN2O2. The number of rotatable bonds is 2. The highest BCUT2D eigenvalue weighted by molar-refractivity contribution is 6.35. The van der Waals surface area contributed by atoms with E-state index in [0.29, 0.717) is 16.1 Å². The minimum Gasteiger partial charge on any atom is -0.496 e. The van der Waals surface area contributed by atoms with Crippen LogP contribution in [0.4, 0.5) is 0 Å². The number of nitrogens with zero attached hydrogens (tertiary/aromatic N) is 1. The largest absolute Gasteiger partial charge is 0.496 e. The lowest BCUT2D eigenvalue weighted by Gasteiger charge is -2.33. The highest BCUT2D eigenvalue weighted by Gasteiger charge is 2.40. The van der Waals surface area contributed by atoms with Gasteiger partial charge in [-0.2, -0.15) is 0 Å². The van der Waals surface area contributed by atoms with Crippen LogP contribution in [-0.4, -0.2) is 36.0 Å². The van der Waals surface area contributed by atoms with E-state index in [2.05, 4.69) is 4.98 Å². The third-order valence-electron chi connectivity index (χ3n) is 5.79. The number of fused-ring (bicyclic) bond motifs is 1. The van der Waals surface area contributed by atoms with Gasteiger partial charge in [-0.1, -0.05) is 30.9 Å². The van der Waals surface area contributed by atoms with Crippen molar-refractivity contribution in [3.63, 3.8) is 0 Å². The third kappa shape index (κ3) is 2.57. The van der Waals surface area contributed by atoms with E-state index in [0.717, 1.165) is 36.2 Å². The molecule has 2 fully saturated rings. The molecule has 1 N–H and O–H groups in total. The van der Waals surface area contributed by atoms with Crippen LogP contribution >= 0.6 is 11.6 Å². The first-order valence-corrected chi connectivity index (χ1v) is 9.14. The zero-order valence-electron chi connectivity index (χ0n) is 14.0. The number of aromatic amines is 1. The summed E-state index contributed by atoms with van der Waals surface area (Å²) in [6.45, 7) is 1.76. The fraction of sp³-hybridized carbons (Fsp3) is 0.526. The molecule has 1 aromatic heterocycles. The van der Waals surface area contributed by atoms with E-state index in [9.17, 15) is 4.79 Å². The molecule has 5 heteroatoms. The van der Waals surface area contributed by atoms with Crippen LogP contribution in [0.3, 0.4) is 0 Å². The highest BCUT2D eigenvalue weighted by atomic mass is 35.5. The molecule has 0 unspecified atom stereocenters. The molecule has 24 heavy (non-hydrogen) atoms. The van der Waals surface area contributed by atoms with Gasteiger partial charge >= 0.3 is 0 Å². The molecule has 4 nitrogen and oxygen atoms in total. The third-order valence-corrected chi connectivity index (χ3v) is 6.11. The highest BCUT2D eigenvalue weighted by Crippen LogP contribution is 2.44. The molecule has 0 bridgehead atoms. The number of nitrogens with one attached hydrogen (secondary N) is 1. The SMILES string of the molecule is COc1ccc(Cl)c2[nH]c(C(=O)N3CCC4(CCCCC4)C3)cc12. The number of methoxy groups -OCH3 is 1. The van der Waals surface area contributed by atoms with E-state index >= 15 is 0 Å². The smallest absolute Gasteiger partial charge is 0.270 e. The average Bonchev–Trinajstić information content (AvgIpc) is 3.21. The minimum atomic E-state index is 0.0757. The lowest BCUT2D eigenvalue weighted by Crippen LogP contribution is -2.33. The molecule has 2 heterocycles. The minimum absolute atomic E-state index is 0.0757. The molecule has 1 aromatic carbocycles. The van der Waals surface area contributed by atoms with E-state index in [-0.39, 0.29) is 5.91 Å². The molecule has 1 amide bonds. The Kier molecular flexibility index (Phi) is 3.95. The number of halogens is 1. The number of H-pyrrole nitrogens is 1. The molecule has 2 aromatic rings. The topological polar surface area (TPSA) is 45.3 Å². The lowest BCUT2D eigenvalue weighted by atomic mass is 9.73. The Bertz CT molecular complexity index is 777. The fourth-order valence-electron chi connectivity index (χ4n) is 4.44.